The van der Waals surface area contributed by atoms with Crippen molar-refractivity contribution in [3.05, 3.63) is 0 Å². The molecule has 0 aliphatic rings. The second-order valence-electron chi connectivity index (χ2n) is 4.06. The first-order chi connectivity index (χ1) is 7.01. The first-order valence-corrected chi connectivity index (χ1v) is 5.67. The topological polar surface area (TPSA) is 35.6 Å². The van der Waals surface area contributed by atoms with Gasteiger partial charge in [-0.1, -0.05) is 13.8 Å². The lowest BCUT2D eigenvalue weighted by molar-refractivity contribution is -0.127. The van der Waals surface area contributed by atoms with Gasteiger partial charge in [0.15, 0.2) is 0 Å². The van der Waals surface area contributed by atoms with Crippen LogP contribution in [-0.2, 0) is 4.79 Å². The van der Waals surface area contributed by atoms with E-state index >= 15 is 0 Å². The van der Waals surface area contributed by atoms with Gasteiger partial charge in [-0.25, -0.2) is 0 Å². The third-order valence-electron chi connectivity index (χ3n) is 2.53. The zero-order valence-electron chi connectivity index (χ0n) is 10.7. The first kappa shape index (κ1) is 14.4. The van der Waals surface area contributed by atoms with Gasteiger partial charge in [0.2, 0.25) is 5.91 Å². The van der Waals surface area contributed by atoms with Crippen molar-refractivity contribution in [1.82, 2.24) is 15.1 Å². The van der Waals surface area contributed by atoms with E-state index in [9.17, 15) is 4.79 Å². The summed E-state index contributed by atoms with van der Waals surface area (Å²) in [6.07, 6.45) is 0. The van der Waals surface area contributed by atoms with Crippen molar-refractivity contribution in [2.45, 2.75) is 26.8 Å². The number of likely N-dealkylation sites (N-methyl/N-ethyl adjacent to an activating group) is 2. The van der Waals surface area contributed by atoms with Crippen LogP contribution in [0.5, 0.6) is 0 Å². The van der Waals surface area contributed by atoms with E-state index in [2.05, 4.69) is 31.0 Å². The van der Waals surface area contributed by atoms with E-state index in [0.717, 1.165) is 19.6 Å². The van der Waals surface area contributed by atoms with Gasteiger partial charge >= 0.3 is 0 Å². The molecule has 1 atom stereocenters. The summed E-state index contributed by atoms with van der Waals surface area (Å²) in [7, 11) is 3.55. The molecule has 90 valence electrons. The minimum Gasteiger partial charge on any atom is -0.348 e. The standard InChI is InChI=1S/C11H25N3O/c1-6-14(7-2)9-10(3)12-8-11(15)13(4)5/h10,12H,6-9H2,1-5H3. The van der Waals surface area contributed by atoms with Crippen LogP contribution in [-0.4, -0.2) is 62.0 Å². The molecule has 4 nitrogen and oxygen atoms in total. The Labute approximate surface area is 93.6 Å². The summed E-state index contributed by atoms with van der Waals surface area (Å²) in [6, 6.07) is 0.355. The smallest absolute Gasteiger partial charge is 0.236 e. The van der Waals surface area contributed by atoms with Crippen LogP contribution in [0.4, 0.5) is 0 Å². The van der Waals surface area contributed by atoms with Crippen molar-refractivity contribution in [3.63, 3.8) is 0 Å². The highest BCUT2D eigenvalue weighted by atomic mass is 16.2. The molecular weight excluding hydrogens is 190 g/mol. The quantitative estimate of drug-likeness (QED) is 0.667. The second kappa shape index (κ2) is 7.65. The lowest BCUT2D eigenvalue weighted by Crippen LogP contribution is -2.43. The SMILES string of the molecule is CCN(CC)CC(C)NCC(=O)N(C)C. The Kier molecular flexibility index (Phi) is 7.34. The molecule has 0 aromatic rings. The molecule has 0 aliphatic carbocycles. The molecule has 0 aromatic heterocycles. The average Bonchev–Trinajstić information content (AvgIpc) is 2.22. The molecule has 0 rings (SSSR count). The highest BCUT2D eigenvalue weighted by molar-refractivity contribution is 5.77. The molecule has 0 heterocycles. The van der Waals surface area contributed by atoms with E-state index in [1.165, 1.54) is 0 Å². The van der Waals surface area contributed by atoms with E-state index in [0.29, 0.717) is 12.6 Å². The van der Waals surface area contributed by atoms with Crippen molar-refractivity contribution in [2.75, 3.05) is 40.3 Å². The van der Waals surface area contributed by atoms with Crippen molar-refractivity contribution in [2.24, 2.45) is 0 Å². The summed E-state index contributed by atoms with van der Waals surface area (Å²) in [6.45, 7) is 9.96. The van der Waals surface area contributed by atoms with Crippen LogP contribution in [0.2, 0.25) is 0 Å². The largest absolute Gasteiger partial charge is 0.348 e. The molecule has 0 bridgehead atoms. The monoisotopic (exact) mass is 215 g/mol. The molecule has 0 saturated heterocycles. The molecule has 0 aromatic carbocycles. The van der Waals surface area contributed by atoms with Crippen molar-refractivity contribution < 1.29 is 4.79 Å². The van der Waals surface area contributed by atoms with Gasteiger partial charge in [0.05, 0.1) is 6.54 Å². The molecule has 1 amide bonds. The van der Waals surface area contributed by atoms with E-state index in [-0.39, 0.29) is 5.91 Å². The van der Waals surface area contributed by atoms with Crippen LogP contribution in [0.1, 0.15) is 20.8 Å². The van der Waals surface area contributed by atoms with Gasteiger partial charge in [-0.05, 0) is 20.0 Å². The van der Waals surface area contributed by atoms with Gasteiger partial charge in [0, 0.05) is 26.7 Å². The number of amides is 1. The van der Waals surface area contributed by atoms with Crippen LogP contribution >= 0.6 is 0 Å². The number of nitrogens with one attached hydrogen (secondary N) is 1. The minimum absolute atomic E-state index is 0.126. The van der Waals surface area contributed by atoms with Gasteiger partial charge in [-0.2, -0.15) is 0 Å². The Hall–Kier alpha value is -0.610. The van der Waals surface area contributed by atoms with Crippen molar-refractivity contribution in [1.29, 1.82) is 0 Å². The van der Waals surface area contributed by atoms with Crippen LogP contribution in [0.15, 0.2) is 0 Å². The number of nitrogens with zero attached hydrogens (tertiary/aromatic N) is 2. The van der Waals surface area contributed by atoms with Crippen molar-refractivity contribution >= 4 is 5.91 Å². The number of hydrogen-bond acceptors (Lipinski definition) is 3. The third-order valence-corrected chi connectivity index (χ3v) is 2.53. The maximum atomic E-state index is 11.3. The molecule has 0 fully saturated rings. The number of carbonyl (C=O) groups excluding carboxylic acids is 1. The van der Waals surface area contributed by atoms with E-state index < -0.39 is 0 Å². The molecular formula is C11H25N3O. The predicted molar refractivity (Wildman–Crippen MR) is 63.9 cm³/mol. The molecule has 4 heteroatoms. The van der Waals surface area contributed by atoms with Crippen molar-refractivity contribution in [3.8, 4) is 0 Å². The van der Waals surface area contributed by atoms with Gasteiger partial charge < -0.3 is 15.1 Å². The summed E-state index contributed by atoms with van der Waals surface area (Å²) >= 11 is 0. The zero-order valence-corrected chi connectivity index (χ0v) is 10.7. The molecule has 0 spiro atoms. The van der Waals surface area contributed by atoms with Gasteiger partial charge in [0.1, 0.15) is 0 Å². The highest BCUT2D eigenvalue weighted by Gasteiger charge is 2.09. The molecule has 1 unspecified atom stereocenters. The molecule has 0 saturated carbocycles. The molecule has 15 heavy (non-hydrogen) atoms. The maximum Gasteiger partial charge on any atom is 0.236 e. The lowest BCUT2D eigenvalue weighted by Gasteiger charge is -2.23. The summed E-state index contributed by atoms with van der Waals surface area (Å²) in [5, 5.41) is 3.23. The zero-order chi connectivity index (χ0) is 11.8. The Balaban J connectivity index is 3.74. The minimum atomic E-state index is 0.126. The first-order valence-electron chi connectivity index (χ1n) is 5.67. The van der Waals surface area contributed by atoms with E-state index in [1.807, 2.05) is 0 Å². The molecule has 1 N–H and O–H groups in total. The Morgan fingerprint density at radius 2 is 1.80 bits per heavy atom. The summed E-state index contributed by atoms with van der Waals surface area (Å²) in [5.41, 5.74) is 0. The number of rotatable bonds is 7. The van der Waals surface area contributed by atoms with E-state index in [1.54, 1.807) is 19.0 Å². The van der Waals surface area contributed by atoms with E-state index in [4.69, 9.17) is 0 Å². The fraction of sp³-hybridized carbons (Fsp3) is 0.909. The van der Waals surface area contributed by atoms with Crippen LogP contribution in [0.25, 0.3) is 0 Å². The molecule has 0 radical (unpaired) electrons. The Morgan fingerprint density at radius 3 is 2.20 bits per heavy atom. The second-order valence-corrected chi connectivity index (χ2v) is 4.06. The lowest BCUT2D eigenvalue weighted by atomic mass is 10.3. The predicted octanol–water partition coefficient (Wildman–Crippen LogP) is 0.395. The van der Waals surface area contributed by atoms with Gasteiger partial charge in [-0.15, -0.1) is 0 Å². The third kappa shape index (κ3) is 6.47. The molecule has 0 aliphatic heterocycles. The normalized spacial score (nSPS) is 12.9. The average molecular weight is 215 g/mol. The van der Waals surface area contributed by atoms with Gasteiger partial charge in [0.25, 0.3) is 0 Å². The summed E-state index contributed by atoms with van der Waals surface area (Å²) < 4.78 is 0. The van der Waals surface area contributed by atoms with Gasteiger partial charge in [-0.3, -0.25) is 4.79 Å². The summed E-state index contributed by atoms with van der Waals surface area (Å²) in [4.78, 5) is 15.3. The van der Waals surface area contributed by atoms with Crippen LogP contribution in [0, 0.1) is 0 Å². The maximum absolute atomic E-state index is 11.3. The Bertz CT molecular complexity index is 179. The fourth-order valence-electron chi connectivity index (χ4n) is 1.35. The van der Waals surface area contributed by atoms with Crippen LogP contribution < -0.4 is 5.32 Å². The number of hydrogen-bond donors (Lipinski definition) is 1. The number of carbonyl (C=O) groups is 1. The fourth-order valence-corrected chi connectivity index (χ4v) is 1.35. The Morgan fingerprint density at radius 1 is 1.27 bits per heavy atom. The van der Waals surface area contributed by atoms with Crippen LogP contribution in [0.3, 0.4) is 0 Å². The summed E-state index contributed by atoms with van der Waals surface area (Å²) in [5.74, 6) is 0.126. The highest BCUT2D eigenvalue weighted by Crippen LogP contribution is 1.91.